The number of amides is 2. The monoisotopic (exact) mass is 705 g/mol. The fraction of sp³-hybridized carbons (Fsp3) is 0.0833. The van der Waals surface area contributed by atoms with Gasteiger partial charge in [0.2, 0.25) is 0 Å². The molecule has 4 rings (SSSR count). The lowest BCUT2D eigenvalue weighted by Gasteiger charge is -2.13. The third-order valence-electron chi connectivity index (χ3n) is 4.72. The van der Waals surface area contributed by atoms with Crippen molar-refractivity contribution in [2.75, 3.05) is 0 Å². The molecule has 4 nitrogen and oxygen atoms in total. The molecule has 0 spiro atoms. The molecule has 0 aromatic heterocycles. The van der Waals surface area contributed by atoms with Crippen LogP contribution in [0.15, 0.2) is 65.6 Å². The Labute approximate surface area is 226 Å². The molecule has 0 unspecified atom stereocenters. The van der Waals surface area contributed by atoms with E-state index < -0.39 is 0 Å². The van der Waals surface area contributed by atoms with E-state index in [2.05, 4.69) is 45.2 Å². The Morgan fingerprint density at radius 1 is 1.00 bits per heavy atom. The van der Waals surface area contributed by atoms with Gasteiger partial charge in [-0.15, -0.1) is 0 Å². The van der Waals surface area contributed by atoms with Crippen molar-refractivity contribution in [3.05, 3.63) is 100 Å². The lowest BCUT2D eigenvalue weighted by molar-refractivity contribution is -0.123. The Hall–Kier alpha value is -1.63. The van der Waals surface area contributed by atoms with Gasteiger partial charge in [-0.1, -0.05) is 35.9 Å². The number of halogens is 4. The average Bonchev–Trinajstić information content (AvgIpc) is 3.02. The molecule has 1 heterocycles. The minimum Gasteiger partial charge on any atom is -0.487 e. The van der Waals surface area contributed by atoms with Crippen LogP contribution in [0.25, 0.3) is 6.08 Å². The number of nitrogens with zero attached hydrogens (tertiary/aromatic N) is 1. The molecule has 0 saturated carbocycles. The van der Waals surface area contributed by atoms with Crippen molar-refractivity contribution in [1.29, 1.82) is 0 Å². The lowest BCUT2D eigenvalue weighted by Crippen LogP contribution is -2.27. The molecule has 0 N–H and O–H groups in total. The van der Waals surface area contributed by atoms with Gasteiger partial charge in [0.15, 0.2) is 0 Å². The summed E-state index contributed by atoms with van der Waals surface area (Å²) in [6.45, 7) is 0.438. The van der Waals surface area contributed by atoms with E-state index in [0.29, 0.717) is 15.7 Å². The Balaban J connectivity index is 1.49. The number of carbonyl (C=O) groups is 2. The third kappa shape index (κ3) is 6.09. The highest BCUT2D eigenvalue weighted by Gasteiger charge is 2.35. The van der Waals surface area contributed by atoms with Gasteiger partial charge in [0, 0.05) is 5.02 Å². The predicted molar refractivity (Wildman–Crippen MR) is 146 cm³/mol. The van der Waals surface area contributed by atoms with Crippen LogP contribution < -0.4 is 4.74 Å². The van der Waals surface area contributed by atoms with Crippen molar-refractivity contribution in [3.8, 4) is 5.75 Å². The van der Waals surface area contributed by atoms with Crippen LogP contribution in [-0.4, -0.2) is 16.0 Å². The van der Waals surface area contributed by atoms with Gasteiger partial charge in [-0.3, -0.25) is 14.5 Å². The van der Waals surface area contributed by atoms with E-state index >= 15 is 0 Å². The highest BCUT2D eigenvalue weighted by Crippen LogP contribution is 2.35. The third-order valence-corrected chi connectivity index (χ3v) is 7.48. The fourth-order valence-electron chi connectivity index (χ4n) is 3.14. The maximum absolute atomic E-state index is 13.4. The van der Waals surface area contributed by atoms with E-state index in [1.54, 1.807) is 42.5 Å². The molecule has 1 aliphatic rings. The Morgan fingerprint density at radius 2 is 1.70 bits per heavy atom. The molecule has 1 saturated heterocycles. The van der Waals surface area contributed by atoms with E-state index in [4.69, 9.17) is 16.3 Å². The zero-order valence-corrected chi connectivity index (χ0v) is 22.7. The van der Waals surface area contributed by atoms with Crippen molar-refractivity contribution in [2.45, 2.75) is 13.2 Å². The summed E-state index contributed by atoms with van der Waals surface area (Å²) >= 11 is 11.2. The van der Waals surface area contributed by atoms with Gasteiger partial charge in [-0.05, 0) is 116 Å². The molecule has 0 bridgehead atoms. The second kappa shape index (κ2) is 10.7. The Kier molecular flexibility index (Phi) is 7.98. The smallest absolute Gasteiger partial charge is 0.293 e. The molecule has 2 amide bonds. The van der Waals surface area contributed by atoms with E-state index in [1.807, 2.05) is 12.1 Å². The molecular formula is C24H15ClFI2NO3S. The van der Waals surface area contributed by atoms with Crippen molar-refractivity contribution < 1.29 is 18.7 Å². The van der Waals surface area contributed by atoms with E-state index in [-0.39, 0.29) is 30.1 Å². The maximum atomic E-state index is 13.4. The fourth-order valence-corrected chi connectivity index (χ4v) is 6.24. The number of imide groups is 1. The summed E-state index contributed by atoms with van der Waals surface area (Å²) in [7, 11) is 0. The summed E-state index contributed by atoms with van der Waals surface area (Å²) in [6, 6.07) is 17.1. The first-order valence-corrected chi connectivity index (χ1v) is 13.0. The zero-order chi connectivity index (χ0) is 23.5. The second-order valence-electron chi connectivity index (χ2n) is 7.13. The molecule has 1 aliphatic heterocycles. The van der Waals surface area contributed by atoms with E-state index in [9.17, 15) is 14.0 Å². The van der Waals surface area contributed by atoms with Crippen LogP contribution in [0.5, 0.6) is 5.75 Å². The molecule has 3 aromatic carbocycles. The highest BCUT2D eigenvalue weighted by molar-refractivity contribution is 14.1. The van der Waals surface area contributed by atoms with Crippen molar-refractivity contribution in [2.24, 2.45) is 0 Å². The molecule has 168 valence electrons. The van der Waals surface area contributed by atoms with Crippen LogP contribution in [0.3, 0.4) is 0 Å². The zero-order valence-electron chi connectivity index (χ0n) is 16.9. The van der Waals surface area contributed by atoms with Gasteiger partial charge in [0.1, 0.15) is 18.2 Å². The quantitative estimate of drug-likeness (QED) is 0.197. The normalized spacial score (nSPS) is 14.9. The molecule has 9 heteroatoms. The largest absolute Gasteiger partial charge is 0.487 e. The molecule has 0 atom stereocenters. The summed E-state index contributed by atoms with van der Waals surface area (Å²) in [5, 5.41) is 0.293. The number of rotatable bonds is 6. The van der Waals surface area contributed by atoms with Crippen LogP contribution in [-0.2, 0) is 17.9 Å². The number of benzene rings is 3. The standard InChI is InChI=1S/C24H15ClFI2NO3S/c25-17-6-4-14(5-7-17)12-29-23(30)21(33-24(29)31)11-16-9-19(27)22(20(28)10-16)32-13-15-2-1-3-18(26)8-15/h1-11H,12-13H2/b21-11-. The number of hydrogen-bond donors (Lipinski definition) is 0. The van der Waals surface area contributed by atoms with Crippen molar-refractivity contribution in [1.82, 2.24) is 4.90 Å². The van der Waals surface area contributed by atoms with Crippen molar-refractivity contribution >= 4 is 85.8 Å². The maximum Gasteiger partial charge on any atom is 0.293 e. The van der Waals surface area contributed by atoms with Gasteiger partial charge in [0.05, 0.1) is 18.6 Å². The minimum atomic E-state index is -0.323. The molecular weight excluding hydrogens is 691 g/mol. The Bertz CT molecular complexity index is 1240. The number of thioether (sulfide) groups is 1. The topological polar surface area (TPSA) is 46.6 Å². The molecule has 0 radical (unpaired) electrons. The summed E-state index contributed by atoms with van der Waals surface area (Å²) in [5.74, 6) is 0.0608. The van der Waals surface area contributed by atoms with Gasteiger partial charge < -0.3 is 4.74 Å². The number of ether oxygens (including phenoxy) is 1. The molecule has 3 aromatic rings. The van der Waals surface area contributed by atoms with Gasteiger partial charge in [-0.2, -0.15) is 0 Å². The molecule has 0 aliphatic carbocycles. The van der Waals surface area contributed by atoms with Crippen LogP contribution in [0.4, 0.5) is 9.18 Å². The number of hydrogen-bond acceptors (Lipinski definition) is 4. The van der Waals surface area contributed by atoms with Crippen molar-refractivity contribution in [3.63, 3.8) is 0 Å². The highest BCUT2D eigenvalue weighted by atomic mass is 127. The van der Waals surface area contributed by atoms with Crippen LogP contribution >= 0.6 is 68.5 Å². The Morgan fingerprint density at radius 3 is 2.36 bits per heavy atom. The number of carbonyl (C=O) groups excluding carboxylic acids is 2. The van der Waals surface area contributed by atoms with Gasteiger partial charge in [0.25, 0.3) is 11.1 Å². The minimum absolute atomic E-state index is 0.196. The molecule has 1 fully saturated rings. The van der Waals surface area contributed by atoms with Gasteiger partial charge >= 0.3 is 0 Å². The van der Waals surface area contributed by atoms with E-state index in [0.717, 1.165) is 35.6 Å². The predicted octanol–water partition coefficient (Wildman–Crippen LogP) is 7.50. The average molecular weight is 706 g/mol. The first kappa shape index (κ1) is 24.5. The van der Waals surface area contributed by atoms with E-state index in [1.165, 1.54) is 17.0 Å². The summed E-state index contributed by atoms with van der Waals surface area (Å²) < 4.78 is 21.0. The second-order valence-corrected chi connectivity index (χ2v) is 10.9. The SMILES string of the molecule is O=C1S/C(=C\c2cc(I)c(OCc3cccc(F)c3)c(I)c2)C(=O)N1Cc1ccc(Cl)cc1. The summed E-state index contributed by atoms with van der Waals surface area (Å²) in [5.41, 5.74) is 2.35. The lowest BCUT2D eigenvalue weighted by atomic mass is 10.2. The first-order chi connectivity index (χ1) is 15.8. The van der Waals surface area contributed by atoms with Crippen LogP contribution in [0.1, 0.15) is 16.7 Å². The summed E-state index contributed by atoms with van der Waals surface area (Å²) in [6.07, 6.45) is 1.72. The summed E-state index contributed by atoms with van der Waals surface area (Å²) in [4.78, 5) is 26.9. The first-order valence-electron chi connectivity index (χ1n) is 9.66. The van der Waals surface area contributed by atoms with Crippen LogP contribution in [0.2, 0.25) is 5.02 Å². The molecule has 33 heavy (non-hydrogen) atoms. The van der Waals surface area contributed by atoms with Gasteiger partial charge in [-0.25, -0.2) is 4.39 Å². The van der Waals surface area contributed by atoms with Crippen LogP contribution in [0, 0.1) is 13.0 Å².